The van der Waals surface area contributed by atoms with Gasteiger partial charge in [-0.1, -0.05) is 13.3 Å². The van der Waals surface area contributed by atoms with Crippen molar-refractivity contribution in [2.75, 3.05) is 6.61 Å². The fourth-order valence-electron chi connectivity index (χ4n) is 8.30. The van der Waals surface area contributed by atoms with Gasteiger partial charge in [0.25, 0.3) is 0 Å². The van der Waals surface area contributed by atoms with Gasteiger partial charge in [0.1, 0.15) is 0 Å². The fourth-order valence-corrected chi connectivity index (χ4v) is 8.30. The highest BCUT2D eigenvalue weighted by atomic mass is 16.5. The number of cyclic esters (lactones) is 1. The summed E-state index contributed by atoms with van der Waals surface area (Å²) in [5.74, 6) is 1.53. The summed E-state index contributed by atoms with van der Waals surface area (Å²) in [4.78, 5) is 13.1. The number of esters is 1. The fraction of sp³-hybridized carbons (Fsp3) is 0.950. The maximum atomic E-state index is 13.1. The molecule has 1 aliphatic heterocycles. The van der Waals surface area contributed by atoms with Crippen LogP contribution in [0, 0.1) is 34.0 Å². The summed E-state index contributed by atoms with van der Waals surface area (Å²) >= 11 is 0. The zero-order valence-electron chi connectivity index (χ0n) is 14.6. The van der Waals surface area contributed by atoms with Crippen LogP contribution in [0.4, 0.5) is 0 Å². The van der Waals surface area contributed by atoms with E-state index in [-0.39, 0.29) is 22.2 Å². The number of carbonyl (C=O) groups is 1. The predicted octanol–water partition coefficient (Wildman–Crippen LogP) is 3.69. The third-order valence-corrected chi connectivity index (χ3v) is 9.05. The van der Waals surface area contributed by atoms with Crippen molar-refractivity contribution in [3.8, 4) is 0 Å². The summed E-state index contributed by atoms with van der Waals surface area (Å²) in [6.45, 7) is 5.05. The number of fused-ring (bicyclic) bond motifs is 1. The van der Waals surface area contributed by atoms with E-state index in [1.165, 1.54) is 25.7 Å². The first-order valence-corrected chi connectivity index (χ1v) is 9.72. The van der Waals surface area contributed by atoms with Crippen LogP contribution in [0.5, 0.6) is 0 Å². The third-order valence-electron chi connectivity index (χ3n) is 9.05. The van der Waals surface area contributed by atoms with Crippen LogP contribution in [-0.4, -0.2) is 23.3 Å². The molecule has 1 N–H and O–H groups in total. The summed E-state index contributed by atoms with van der Waals surface area (Å²) in [6.07, 6.45) is 10.1. The molecule has 0 aromatic heterocycles. The highest BCUT2D eigenvalue weighted by molar-refractivity contribution is 5.79. The normalized spacial score (nSPS) is 60.7. The quantitative estimate of drug-likeness (QED) is 0.693. The second-order valence-electron chi connectivity index (χ2n) is 10.1. The van der Waals surface area contributed by atoms with Crippen molar-refractivity contribution in [3.05, 3.63) is 0 Å². The highest BCUT2D eigenvalue weighted by Crippen LogP contribution is 2.74. The van der Waals surface area contributed by atoms with Gasteiger partial charge in [0.05, 0.1) is 17.6 Å². The Hall–Kier alpha value is -0.570. The number of ether oxygens (including phenoxy) is 1. The molecule has 4 aliphatic carbocycles. The molecular formula is C20H30O3. The van der Waals surface area contributed by atoms with Crippen LogP contribution in [0.3, 0.4) is 0 Å². The summed E-state index contributed by atoms with van der Waals surface area (Å²) in [6, 6.07) is 0. The minimum Gasteiger partial charge on any atom is -0.465 e. The third kappa shape index (κ3) is 1.59. The number of rotatable bonds is 0. The monoisotopic (exact) mass is 318 g/mol. The van der Waals surface area contributed by atoms with E-state index in [2.05, 4.69) is 6.92 Å². The van der Waals surface area contributed by atoms with E-state index in [1.54, 1.807) is 0 Å². The molecule has 0 aromatic carbocycles. The molecule has 4 bridgehead atoms. The molecule has 4 saturated carbocycles. The molecule has 5 aliphatic rings. The van der Waals surface area contributed by atoms with Gasteiger partial charge in [0.15, 0.2) is 0 Å². The van der Waals surface area contributed by atoms with Gasteiger partial charge in [0.2, 0.25) is 0 Å². The molecular weight excluding hydrogens is 288 g/mol. The minimum atomic E-state index is -0.519. The summed E-state index contributed by atoms with van der Waals surface area (Å²) in [5, 5.41) is 10.9. The standard InChI is InChI=1S/C20H30O3/c1-17-7-3-8-20(16(21)23-12-17)14(17)6-9-19-10-13(4-5-15(19)20)18(2,22)11-19/h13-15,22H,3-12H2,1-2H3/t13-,14-,15-,17+,18-,19+,20+/m0/s1. The van der Waals surface area contributed by atoms with Crippen molar-refractivity contribution in [2.24, 2.45) is 34.0 Å². The Bertz CT molecular complexity index is 569. The topological polar surface area (TPSA) is 46.5 Å². The molecule has 1 saturated heterocycles. The molecule has 5 rings (SSSR count). The van der Waals surface area contributed by atoms with Crippen LogP contribution in [-0.2, 0) is 9.53 Å². The van der Waals surface area contributed by atoms with E-state index in [1.807, 2.05) is 6.92 Å². The van der Waals surface area contributed by atoms with E-state index in [0.29, 0.717) is 24.4 Å². The van der Waals surface area contributed by atoms with E-state index < -0.39 is 5.60 Å². The van der Waals surface area contributed by atoms with Crippen molar-refractivity contribution < 1.29 is 14.6 Å². The first-order valence-electron chi connectivity index (χ1n) is 9.72. The molecule has 0 amide bonds. The van der Waals surface area contributed by atoms with Gasteiger partial charge in [-0.25, -0.2) is 0 Å². The van der Waals surface area contributed by atoms with Gasteiger partial charge < -0.3 is 9.84 Å². The molecule has 3 heteroatoms. The summed E-state index contributed by atoms with van der Waals surface area (Å²) < 4.78 is 5.81. The second kappa shape index (κ2) is 4.15. The molecule has 0 unspecified atom stereocenters. The lowest BCUT2D eigenvalue weighted by Crippen LogP contribution is -2.65. The van der Waals surface area contributed by atoms with Gasteiger partial charge in [0, 0.05) is 5.41 Å². The van der Waals surface area contributed by atoms with Crippen LogP contribution in [0.25, 0.3) is 0 Å². The van der Waals surface area contributed by atoms with Gasteiger partial charge in [-0.15, -0.1) is 0 Å². The first kappa shape index (κ1) is 14.7. The van der Waals surface area contributed by atoms with Crippen LogP contribution >= 0.6 is 0 Å². The molecule has 5 fully saturated rings. The molecule has 1 heterocycles. The van der Waals surface area contributed by atoms with Crippen molar-refractivity contribution in [1.82, 2.24) is 0 Å². The lowest BCUT2D eigenvalue weighted by molar-refractivity contribution is -0.232. The van der Waals surface area contributed by atoms with Crippen LogP contribution in [0.2, 0.25) is 0 Å². The average molecular weight is 318 g/mol. The van der Waals surface area contributed by atoms with Crippen LogP contribution in [0.1, 0.15) is 71.6 Å². The Labute approximate surface area is 139 Å². The second-order valence-corrected chi connectivity index (χ2v) is 10.1. The van der Waals surface area contributed by atoms with Crippen molar-refractivity contribution >= 4 is 5.97 Å². The molecule has 0 radical (unpaired) electrons. The summed E-state index contributed by atoms with van der Waals surface area (Å²) in [7, 11) is 0. The maximum Gasteiger partial charge on any atom is 0.312 e. The van der Waals surface area contributed by atoms with Crippen LogP contribution in [0.15, 0.2) is 0 Å². The summed E-state index contributed by atoms with van der Waals surface area (Å²) in [5.41, 5.74) is -0.340. The Morgan fingerprint density at radius 1 is 1.09 bits per heavy atom. The molecule has 3 nitrogen and oxygen atoms in total. The Balaban J connectivity index is 1.63. The predicted molar refractivity (Wildman–Crippen MR) is 86.6 cm³/mol. The smallest absolute Gasteiger partial charge is 0.312 e. The largest absolute Gasteiger partial charge is 0.465 e. The number of aliphatic hydroxyl groups is 1. The molecule has 1 spiro atoms. The Morgan fingerprint density at radius 2 is 1.91 bits per heavy atom. The number of carbonyl (C=O) groups excluding carboxylic acids is 1. The molecule has 0 aromatic rings. The maximum absolute atomic E-state index is 13.1. The van der Waals surface area contributed by atoms with E-state index in [0.717, 1.165) is 32.1 Å². The van der Waals surface area contributed by atoms with E-state index >= 15 is 0 Å². The lowest BCUT2D eigenvalue weighted by atomic mass is 9.39. The van der Waals surface area contributed by atoms with Crippen molar-refractivity contribution in [3.63, 3.8) is 0 Å². The molecule has 7 atom stereocenters. The lowest BCUT2D eigenvalue weighted by Gasteiger charge is -2.65. The van der Waals surface area contributed by atoms with Crippen molar-refractivity contribution in [1.29, 1.82) is 0 Å². The van der Waals surface area contributed by atoms with Gasteiger partial charge in [-0.3, -0.25) is 4.79 Å². The van der Waals surface area contributed by atoms with Crippen LogP contribution < -0.4 is 0 Å². The number of hydrogen-bond donors (Lipinski definition) is 1. The Morgan fingerprint density at radius 3 is 2.74 bits per heavy atom. The highest BCUT2D eigenvalue weighted by Gasteiger charge is 2.72. The minimum absolute atomic E-state index is 0.119. The molecule has 128 valence electrons. The zero-order chi connectivity index (χ0) is 16.1. The SMILES string of the molecule is C[C@@]12CCC[C@@]3(C(=O)OC1)[C@H]2CC[C@]12C[C@H](CC[C@@H]13)[C@@](C)(O)C2. The number of hydrogen-bond acceptors (Lipinski definition) is 3. The van der Waals surface area contributed by atoms with Crippen molar-refractivity contribution in [2.45, 2.75) is 77.2 Å². The Kier molecular flexibility index (Phi) is 2.66. The first-order chi connectivity index (χ1) is 10.8. The molecule has 23 heavy (non-hydrogen) atoms. The van der Waals surface area contributed by atoms with Gasteiger partial charge in [-0.05, 0) is 81.5 Å². The zero-order valence-corrected chi connectivity index (χ0v) is 14.6. The van der Waals surface area contributed by atoms with Gasteiger partial charge >= 0.3 is 5.97 Å². The average Bonchev–Trinajstić information content (AvgIpc) is 2.68. The van der Waals surface area contributed by atoms with Gasteiger partial charge in [-0.2, -0.15) is 0 Å². The van der Waals surface area contributed by atoms with E-state index in [9.17, 15) is 9.90 Å². The van der Waals surface area contributed by atoms with E-state index in [4.69, 9.17) is 4.74 Å².